The minimum absolute atomic E-state index is 0.126. The van der Waals surface area contributed by atoms with E-state index in [0.29, 0.717) is 22.6 Å². The predicted molar refractivity (Wildman–Crippen MR) is 83.7 cm³/mol. The molecule has 0 radical (unpaired) electrons. The maximum Gasteiger partial charge on any atom is 0.297 e. The van der Waals surface area contributed by atoms with Crippen molar-refractivity contribution >= 4 is 17.5 Å². The van der Waals surface area contributed by atoms with Gasteiger partial charge in [0, 0.05) is 24.6 Å². The van der Waals surface area contributed by atoms with Gasteiger partial charge in [0.05, 0.1) is 12.1 Å². The Labute approximate surface area is 127 Å². The van der Waals surface area contributed by atoms with Crippen molar-refractivity contribution in [3.8, 4) is 5.69 Å². The van der Waals surface area contributed by atoms with Crippen molar-refractivity contribution < 1.29 is 4.79 Å². The van der Waals surface area contributed by atoms with Gasteiger partial charge in [0.15, 0.2) is 5.82 Å². The molecule has 8 heteroatoms. The topological polar surface area (TPSA) is 129 Å². The zero-order valence-electron chi connectivity index (χ0n) is 12.7. The van der Waals surface area contributed by atoms with Crippen molar-refractivity contribution in [2.75, 3.05) is 18.5 Å². The molecule has 2 aromatic heterocycles. The average molecular weight is 302 g/mol. The lowest BCUT2D eigenvalue weighted by Gasteiger charge is -2.15. The van der Waals surface area contributed by atoms with Gasteiger partial charge in [-0.15, -0.1) is 0 Å². The molecule has 0 bridgehead atoms. The predicted octanol–water partition coefficient (Wildman–Crippen LogP) is -0.303. The van der Waals surface area contributed by atoms with Crippen LogP contribution in [0.4, 0.5) is 11.6 Å². The summed E-state index contributed by atoms with van der Waals surface area (Å²) in [7, 11) is 1.56. The smallest absolute Gasteiger partial charge is 0.297 e. The maximum absolute atomic E-state index is 12.2. The number of aryl methyl sites for hydroxylation is 2. The Morgan fingerprint density at radius 3 is 2.64 bits per heavy atom. The molecule has 2 rings (SSSR count). The van der Waals surface area contributed by atoms with E-state index in [1.165, 1.54) is 10.8 Å². The molecule has 0 spiro atoms. The molecular weight excluding hydrogens is 284 g/mol. The Morgan fingerprint density at radius 1 is 1.32 bits per heavy atom. The van der Waals surface area contributed by atoms with E-state index in [-0.39, 0.29) is 24.0 Å². The monoisotopic (exact) mass is 302 g/mol. The Kier molecular flexibility index (Phi) is 4.11. The summed E-state index contributed by atoms with van der Waals surface area (Å²) in [6.07, 6.45) is 1.63. The van der Waals surface area contributed by atoms with Crippen LogP contribution in [0.2, 0.25) is 0 Å². The number of nitrogen functional groups attached to an aromatic ring is 2. The zero-order chi connectivity index (χ0) is 16.4. The van der Waals surface area contributed by atoms with E-state index in [9.17, 15) is 9.59 Å². The SMILES string of the molecule is CNC(=O)Cc1cc(-n2c(C)cnc(N)c2=O)c(N)nc1C. The first-order valence-corrected chi connectivity index (χ1v) is 6.66. The lowest BCUT2D eigenvalue weighted by molar-refractivity contribution is -0.119. The lowest BCUT2D eigenvalue weighted by atomic mass is 10.1. The van der Waals surface area contributed by atoms with Crippen molar-refractivity contribution in [3.63, 3.8) is 0 Å². The third kappa shape index (κ3) is 2.76. The summed E-state index contributed by atoms with van der Waals surface area (Å²) in [5.41, 5.74) is 13.3. The molecule has 0 saturated heterocycles. The highest BCUT2D eigenvalue weighted by Crippen LogP contribution is 2.20. The van der Waals surface area contributed by atoms with Crippen LogP contribution in [0.3, 0.4) is 0 Å². The Hall–Kier alpha value is -2.90. The highest BCUT2D eigenvalue weighted by atomic mass is 16.1. The number of nitrogens with two attached hydrogens (primary N) is 2. The second-order valence-electron chi connectivity index (χ2n) is 4.91. The fourth-order valence-corrected chi connectivity index (χ4v) is 2.12. The molecule has 0 saturated carbocycles. The number of pyridine rings is 1. The molecule has 0 aromatic carbocycles. The van der Waals surface area contributed by atoms with Crippen LogP contribution in [0.15, 0.2) is 17.1 Å². The van der Waals surface area contributed by atoms with Crippen LogP contribution in [0.25, 0.3) is 5.69 Å². The van der Waals surface area contributed by atoms with Crippen molar-refractivity contribution in [1.29, 1.82) is 0 Å². The quantitative estimate of drug-likeness (QED) is 0.713. The number of hydrogen-bond donors (Lipinski definition) is 3. The fraction of sp³-hybridized carbons (Fsp3) is 0.286. The lowest BCUT2D eigenvalue weighted by Crippen LogP contribution is -2.26. The largest absolute Gasteiger partial charge is 0.382 e. The maximum atomic E-state index is 12.2. The summed E-state index contributed by atoms with van der Waals surface area (Å²) < 4.78 is 1.34. The van der Waals surface area contributed by atoms with E-state index in [1.807, 2.05) is 0 Å². The molecule has 1 amide bonds. The molecule has 116 valence electrons. The first kappa shape index (κ1) is 15.5. The minimum atomic E-state index is -0.469. The minimum Gasteiger partial charge on any atom is -0.382 e. The molecule has 0 unspecified atom stereocenters. The molecule has 2 aromatic rings. The van der Waals surface area contributed by atoms with Gasteiger partial charge in [-0.2, -0.15) is 0 Å². The number of likely N-dealkylation sites (N-methyl/N-ethyl adjacent to an activating group) is 1. The van der Waals surface area contributed by atoms with Crippen LogP contribution in [0.5, 0.6) is 0 Å². The fourth-order valence-electron chi connectivity index (χ4n) is 2.12. The number of carbonyl (C=O) groups excluding carboxylic acids is 1. The van der Waals surface area contributed by atoms with E-state index in [4.69, 9.17) is 11.5 Å². The number of carbonyl (C=O) groups is 1. The first-order valence-electron chi connectivity index (χ1n) is 6.66. The molecule has 0 aliphatic rings. The van der Waals surface area contributed by atoms with Crippen LogP contribution in [-0.2, 0) is 11.2 Å². The number of amides is 1. The second-order valence-corrected chi connectivity index (χ2v) is 4.91. The van der Waals surface area contributed by atoms with E-state index < -0.39 is 5.56 Å². The Morgan fingerprint density at radius 2 is 2.00 bits per heavy atom. The molecule has 8 nitrogen and oxygen atoms in total. The van der Waals surface area contributed by atoms with Gasteiger partial charge >= 0.3 is 0 Å². The molecule has 0 aliphatic heterocycles. The van der Waals surface area contributed by atoms with Gasteiger partial charge < -0.3 is 16.8 Å². The van der Waals surface area contributed by atoms with E-state index in [0.717, 1.165) is 0 Å². The Balaban J connectivity index is 2.67. The van der Waals surface area contributed by atoms with Crippen LogP contribution in [0, 0.1) is 13.8 Å². The normalized spacial score (nSPS) is 10.5. The van der Waals surface area contributed by atoms with Gasteiger partial charge in [0.25, 0.3) is 5.56 Å². The van der Waals surface area contributed by atoms with Crippen molar-refractivity contribution in [3.05, 3.63) is 39.6 Å². The third-order valence-electron chi connectivity index (χ3n) is 3.36. The molecule has 5 N–H and O–H groups in total. The third-order valence-corrected chi connectivity index (χ3v) is 3.36. The summed E-state index contributed by atoms with van der Waals surface area (Å²) in [6, 6.07) is 1.68. The summed E-state index contributed by atoms with van der Waals surface area (Å²) in [6.45, 7) is 3.47. The highest BCUT2D eigenvalue weighted by Gasteiger charge is 2.15. The van der Waals surface area contributed by atoms with Crippen LogP contribution in [0.1, 0.15) is 17.0 Å². The summed E-state index contributed by atoms with van der Waals surface area (Å²) >= 11 is 0. The standard InChI is InChI=1S/C14H18N6O2/c1-7-6-18-13(16)14(22)20(7)10-4-9(5-11(21)17-3)8(2)19-12(10)15/h4,6H,5H2,1-3H3,(H2,15,19)(H2,16,18)(H,17,21). The number of hydrogen-bond acceptors (Lipinski definition) is 6. The highest BCUT2D eigenvalue weighted by molar-refractivity contribution is 5.79. The van der Waals surface area contributed by atoms with Gasteiger partial charge in [0.2, 0.25) is 5.91 Å². The van der Waals surface area contributed by atoms with Crippen molar-refractivity contribution in [2.45, 2.75) is 20.3 Å². The molecule has 0 fully saturated rings. The van der Waals surface area contributed by atoms with Gasteiger partial charge in [-0.05, 0) is 25.5 Å². The molecule has 0 aliphatic carbocycles. The molecule has 2 heterocycles. The summed E-state index contributed by atoms with van der Waals surface area (Å²) in [4.78, 5) is 31.9. The Bertz CT molecular complexity index is 797. The first-order chi connectivity index (χ1) is 10.3. The molecule has 0 atom stereocenters. The van der Waals surface area contributed by atoms with Crippen LogP contribution in [-0.4, -0.2) is 27.5 Å². The number of nitrogens with one attached hydrogen (secondary N) is 1. The number of rotatable bonds is 3. The van der Waals surface area contributed by atoms with Crippen molar-refractivity contribution in [1.82, 2.24) is 19.9 Å². The van der Waals surface area contributed by atoms with E-state index in [1.54, 1.807) is 27.0 Å². The number of anilines is 2. The average Bonchev–Trinajstić information content (AvgIpc) is 2.47. The van der Waals surface area contributed by atoms with Crippen LogP contribution < -0.4 is 22.3 Å². The van der Waals surface area contributed by atoms with Gasteiger partial charge in [0.1, 0.15) is 5.82 Å². The van der Waals surface area contributed by atoms with Gasteiger partial charge in [-0.1, -0.05) is 0 Å². The second kappa shape index (κ2) is 5.84. The van der Waals surface area contributed by atoms with E-state index >= 15 is 0 Å². The number of nitrogens with zero attached hydrogens (tertiary/aromatic N) is 3. The van der Waals surface area contributed by atoms with Crippen LogP contribution >= 0.6 is 0 Å². The molecular formula is C14H18N6O2. The molecule has 22 heavy (non-hydrogen) atoms. The zero-order valence-corrected chi connectivity index (χ0v) is 12.7. The summed E-state index contributed by atoms with van der Waals surface area (Å²) in [5.74, 6) is -0.0914. The van der Waals surface area contributed by atoms with Crippen molar-refractivity contribution in [2.24, 2.45) is 0 Å². The van der Waals surface area contributed by atoms with Gasteiger partial charge in [-0.3, -0.25) is 14.2 Å². The van der Waals surface area contributed by atoms with Gasteiger partial charge in [-0.25, -0.2) is 9.97 Å². The number of aromatic nitrogens is 3. The van der Waals surface area contributed by atoms with E-state index in [2.05, 4.69) is 15.3 Å². The summed E-state index contributed by atoms with van der Waals surface area (Å²) in [5, 5.41) is 2.55.